The van der Waals surface area contributed by atoms with Crippen LogP contribution >= 0.6 is 11.8 Å². The van der Waals surface area contributed by atoms with E-state index in [9.17, 15) is 9.59 Å². The Morgan fingerprint density at radius 3 is 2.50 bits per heavy atom. The molecular weight excluding hydrogens is 380 g/mol. The molecule has 1 aliphatic heterocycles. The van der Waals surface area contributed by atoms with Gasteiger partial charge in [0.1, 0.15) is 11.5 Å². The quantitative estimate of drug-likeness (QED) is 0.755. The molecule has 9 heteroatoms. The number of benzene rings is 1. The predicted molar refractivity (Wildman–Crippen MR) is 109 cm³/mol. The molecule has 2 aromatic rings. The number of aryl methyl sites for hydroxylation is 1. The maximum absolute atomic E-state index is 12.4. The van der Waals surface area contributed by atoms with Gasteiger partial charge >= 0.3 is 0 Å². The minimum atomic E-state index is -0.199. The number of anilines is 2. The minimum Gasteiger partial charge on any atom is -0.497 e. The second-order valence-electron chi connectivity index (χ2n) is 6.43. The molecule has 0 spiro atoms. The first-order valence-electron chi connectivity index (χ1n) is 9.03. The van der Waals surface area contributed by atoms with Gasteiger partial charge in [-0.1, -0.05) is 5.16 Å². The molecule has 8 nitrogen and oxygen atoms in total. The zero-order chi connectivity index (χ0) is 19.9. The molecule has 0 radical (unpaired) electrons. The van der Waals surface area contributed by atoms with Crippen LogP contribution in [0.5, 0.6) is 5.75 Å². The Labute approximate surface area is 168 Å². The molecule has 1 aromatic heterocycles. The third-order valence-electron chi connectivity index (χ3n) is 4.42. The van der Waals surface area contributed by atoms with Crippen molar-refractivity contribution in [2.75, 3.05) is 55.0 Å². The standard InChI is InChI=1S/C19H24N4O4S/c1-14-11-17(21-27-14)20-18(24)12-28-13-19(25)23-9-7-22(8-10-23)15-3-5-16(26-2)6-4-15/h3-6,11H,7-10,12-13H2,1-2H3,(H,20,21,24). The van der Waals surface area contributed by atoms with Crippen LogP contribution in [0, 0.1) is 6.92 Å². The van der Waals surface area contributed by atoms with Crippen LogP contribution in [0.25, 0.3) is 0 Å². The lowest BCUT2D eigenvalue weighted by atomic mass is 10.2. The molecule has 0 atom stereocenters. The number of carbonyl (C=O) groups is 2. The summed E-state index contributed by atoms with van der Waals surface area (Å²) in [6.07, 6.45) is 0. The minimum absolute atomic E-state index is 0.0597. The van der Waals surface area contributed by atoms with Gasteiger partial charge in [-0.05, 0) is 31.2 Å². The van der Waals surface area contributed by atoms with Crippen LogP contribution in [0.4, 0.5) is 11.5 Å². The zero-order valence-electron chi connectivity index (χ0n) is 16.0. The number of hydrogen-bond donors (Lipinski definition) is 1. The van der Waals surface area contributed by atoms with E-state index in [-0.39, 0.29) is 23.3 Å². The van der Waals surface area contributed by atoms with E-state index in [1.807, 2.05) is 29.2 Å². The SMILES string of the molecule is COc1ccc(N2CCN(C(=O)CSCC(=O)Nc3cc(C)on3)CC2)cc1. The van der Waals surface area contributed by atoms with Crippen molar-refractivity contribution >= 4 is 35.1 Å². The Morgan fingerprint density at radius 2 is 1.89 bits per heavy atom. The number of carbonyl (C=O) groups excluding carboxylic acids is 2. The summed E-state index contributed by atoms with van der Waals surface area (Å²) in [5, 5.41) is 6.35. The van der Waals surface area contributed by atoms with Crippen molar-refractivity contribution in [3.8, 4) is 5.75 Å². The summed E-state index contributed by atoms with van der Waals surface area (Å²) in [4.78, 5) is 28.4. The van der Waals surface area contributed by atoms with Gasteiger partial charge in [0.15, 0.2) is 5.82 Å². The van der Waals surface area contributed by atoms with Crippen molar-refractivity contribution in [2.24, 2.45) is 0 Å². The summed E-state index contributed by atoms with van der Waals surface area (Å²) in [6.45, 7) is 4.68. The Hall–Kier alpha value is -2.68. The van der Waals surface area contributed by atoms with Gasteiger partial charge in [-0.2, -0.15) is 0 Å². The highest BCUT2D eigenvalue weighted by atomic mass is 32.2. The van der Waals surface area contributed by atoms with E-state index < -0.39 is 0 Å². The fourth-order valence-electron chi connectivity index (χ4n) is 2.93. The number of amides is 2. The number of nitrogens with one attached hydrogen (secondary N) is 1. The van der Waals surface area contributed by atoms with Crippen LogP contribution in [0.2, 0.25) is 0 Å². The first kappa shape index (κ1) is 20.1. The van der Waals surface area contributed by atoms with E-state index in [1.165, 1.54) is 11.8 Å². The third-order valence-corrected chi connectivity index (χ3v) is 5.34. The van der Waals surface area contributed by atoms with Crippen molar-refractivity contribution in [1.29, 1.82) is 0 Å². The van der Waals surface area contributed by atoms with Crippen molar-refractivity contribution in [2.45, 2.75) is 6.92 Å². The van der Waals surface area contributed by atoms with Gasteiger partial charge in [-0.25, -0.2) is 0 Å². The number of piperazine rings is 1. The van der Waals surface area contributed by atoms with Gasteiger partial charge in [0.2, 0.25) is 11.8 Å². The number of nitrogens with zero attached hydrogens (tertiary/aromatic N) is 3. The fraction of sp³-hybridized carbons (Fsp3) is 0.421. The summed E-state index contributed by atoms with van der Waals surface area (Å²) >= 11 is 1.30. The second-order valence-corrected chi connectivity index (χ2v) is 7.42. The number of hydrogen-bond acceptors (Lipinski definition) is 7. The van der Waals surface area contributed by atoms with Gasteiger partial charge in [-0.3, -0.25) is 9.59 Å². The molecule has 1 fully saturated rings. The lowest BCUT2D eigenvalue weighted by Gasteiger charge is -2.36. The largest absolute Gasteiger partial charge is 0.497 e. The molecular formula is C19H24N4O4S. The summed E-state index contributed by atoms with van der Waals surface area (Å²) < 4.78 is 10.1. The number of rotatable bonds is 7. The highest BCUT2D eigenvalue weighted by Crippen LogP contribution is 2.20. The van der Waals surface area contributed by atoms with Crippen molar-refractivity contribution in [3.05, 3.63) is 36.1 Å². The average molecular weight is 404 g/mol. The Morgan fingerprint density at radius 1 is 1.18 bits per heavy atom. The van der Waals surface area contributed by atoms with Crippen molar-refractivity contribution in [3.63, 3.8) is 0 Å². The molecule has 1 aliphatic rings. The summed E-state index contributed by atoms with van der Waals surface area (Å²) in [7, 11) is 1.65. The van der Waals surface area contributed by atoms with E-state index >= 15 is 0 Å². The van der Waals surface area contributed by atoms with Gasteiger partial charge < -0.3 is 24.4 Å². The monoisotopic (exact) mass is 404 g/mol. The molecule has 3 rings (SSSR count). The number of ether oxygens (including phenoxy) is 1. The fourth-order valence-corrected chi connectivity index (χ4v) is 3.65. The highest BCUT2D eigenvalue weighted by molar-refractivity contribution is 8.00. The van der Waals surface area contributed by atoms with E-state index in [1.54, 1.807) is 20.1 Å². The Bertz CT molecular complexity index is 801. The van der Waals surface area contributed by atoms with E-state index in [2.05, 4.69) is 15.4 Å². The molecule has 0 aliphatic carbocycles. The first-order chi connectivity index (χ1) is 13.5. The molecule has 1 N–H and O–H groups in total. The highest BCUT2D eigenvalue weighted by Gasteiger charge is 2.21. The van der Waals surface area contributed by atoms with Crippen LogP contribution in [-0.4, -0.2) is 66.7 Å². The van der Waals surface area contributed by atoms with Crippen molar-refractivity contribution < 1.29 is 18.8 Å². The predicted octanol–water partition coefficient (Wildman–Crippen LogP) is 2.01. The third kappa shape index (κ3) is 5.41. The smallest absolute Gasteiger partial charge is 0.235 e. The lowest BCUT2D eigenvalue weighted by molar-refractivity contribution is -0.128. The van der Waals surface area contributed by atoms with Gasteiger partial charge in [0, 0.05) is 37.9 Å². The van der Waals surface area contributed by atoms with Crippen LogP contribution < -0.4 is 15.0 Å². The molecule has 2 amide bonds. The van der Waals surface area contributed by atoms with Gasteiger partial charge in [-0.15, -0.1) is 11.8 Å². The number of methoxy groups -OCH3 is 1. The summed E-state index contributed by atoms with van der Waals surface area (Å²) in [6, 6.07) is 9.59. The molecule has 1 saturated heterocycles. The van der Waals surface area contributed by atoms with E-state index in [0.717, 1.165) is 24.5 Å². The Balaban J connectivity index is 1.37. The normalized spacial score (nSPS) is 14.1. The Kier molecular flexibility index (Phi) is 6.80. The van der Waals surface area contributed by atoms with Crippen molar-refractivity contribution in [1.82, 2.24) is 10.1 Å². The topological polar surface area (TPSA) is 87.9 Å². The summed E-state index contributed by atoms with van der Waals surface area (Å²) in [5.74, 6) is 2.20. The number of thioether (sulfide) groups is 1. The van der Waals surface area contributed by atoms with Crippen LogP contribution in [0.3, 0.4) is 0 Å². The van der Waals surface area contributed by atoms with Crippen LogP contribution in [0.1, 0.15) is 5.76 Å². The zero-order valence-corrected chi connectivity index (χ0v) is 16.8. The van der Waals surface area contributed by atoms with E-state index in [0.29, 0.717) is 24.7 Å². The molecule has 150 valence electrons. The molecule has 0 bridgehead atoms. The van der Waals surface area contributed by atoms with Gasteiger partial charge in [0.25, 0.3) is 0 Å². The second kappa shape index (κ2) is 9.50. The molecule has 28 heavy (non-hydrogen) atoms. The van der Waals surface area contributed by atoms with Gasteiger partial charge in [0.05, 0.1) is 18.6 Å². The number of aromatic nitrogens is 1. The molecule has 0 unspecified atom stereocenters. The maximum atomic E-state index is 12.4. The van der Waals surface area contributed by atoms with Crippen LogP contribution in [0.15, 0.2) is 34.9 Å². The molecule has 0 saturated carbocycles. The average Bonchev–Trinajstić information content (AvgIpc) is 3.12. The lowest BCUT2D eigenvalue weighted by Crippen LogP contribution is -2.49. The molecule has 1 aromatic carbocycles. The maximum Gasteiger partial charge on any atom is 0.235 e. The van der Waals surface area contributed by atoms with Crippen LogP contribution in [-0.2, 0) is 9.59 Å². The summed E-state index contributed by atoms with van der Waals surface area (Å²) in [5.41, 5.74) is 1.13. The van der Waals surface area contributed by atoms with E-state index in [4.69, 9.17) is 9.26 Å². The first-order valence-corrected chi connectivity index (χ1v) is 10.2. The molecule has 2 heterocycles.